The monoisotopic (exact) mass is 496 g/mol. The van der Waals surface area contributed by atoms with Gasteiger partial charge in [-0.3, -0.25) is 4.79 Å². The molecule has 4 heteroatoms. The first-order chi connectivity index (χ1) is 17.3. The molecule has 0 heterocycles. The van der Waals surface area contributed by atoms with Crippen LogP contribution in [0, 0.1) is 5.92 Å². The molecule has 0 bridgehead atoms. The van der Waals surface area contributed by atoms with Gasteiger partial charge in [-0.1, -0.05) is 102 Å². The van der Waals surface area contributed by atoms with Gasteiger partial charge in [0.1, 0.15) is 12.3 Å². The Morgan fingerprint density at radius 3 is 2.11 bits per heavy atom. The summed E-state index contributed by atoms with van der Waals surface area (Å²) in [7, 11) is 4.42. The van der Waals surface area contributed by atoms with E-state index in [4.69, 9.17) is 9.47 Å². The summed E-state index contributed by atoms with van der Waals surface area (Å²) < 4.78 is 12.6. The van der Waals surface area contributed by atoms with Crippen LogP contribution in [0.2, 0.25) is 0 Å². The van der Waals surface area contributed by atoms with Crippen LogP contribution in [0.25, 0.3) is 0 Å². The lowest BCUT2D eigenvalue weighted by Gasteiger charge is -2.31. The van der Waals surface area contributed by atoms with E-state index in [0.717, 1.165) is 36.2 Å². The Kier molecular flexibility index (Phi) is 13.6. The summed E-state index contributed by atoms with van der Waals surface area (Å²) in [4.78, 5) is 12.8. The van der Waals surface area contributed by atoms with Crippen molar-refractivity contribution in [1.82, 2.24) is 0 Å². The number of ether oxygens (including phenoxy) is 2. The summed E-state index contributed by atoms with van der Waals surface area (Å²) in [5, 5.41) is 0. The van der Waals surface area contributed by atoms with Crippen molar-refractivity contribution in [3.05, 3.63) is 65.7 Å². The van der Waals surface area contributed by atoms with Crippen molar-refractivity contribution in [2.24, 2.45) is 5.92 Å². The molecule has 0 aliphatic rings. The first-order valence-corrected chi connectivity index (χ1v) is 14.1. The number of esters is 1. The van der Waals surface area contributed by atoms with Crippen LogP contribution in [0.4, 0.5) is 0 Å². The highest BCUT2D eigenvalue weighted by molar-refractivity contribution is 5.72. The van der Waals surface area contributed by atoms with Crippen molar-refractivity contribution in [3.8, 4) is 5.75 Å². The summed E-state index contributed by atoms with van der Waals surface area (Å²) in [5.74, 6) is 0.406. The number of benzene rings is 2. The highest BCUT2D eigenvalue weighted by Gasteiger charge is 2.24. The number of aryl methyl sites for hydroxylation is 1. The van der Waals surface area contributed by atoms with Crippen LogP contribution in [-0.4, -0.2) is 37.4 Å². The summed E-state index contributed by atoms with van der Waals surface area (Å²) in [5.41, 5.74) is 2.65. The van der Waals surface area contributed by atoms with Gasteiger partial charge in [0.25, 0.3) is 0 Å². The second-order valence-electron chi connectivity index (χ2n) is 10.9. The van der Waals surface area contributed by atoms with Crippen LogP contribution >= 0.6 is 0 Å². The quantitative estimate of drug-likeness (QED) is 0.0909. The van der Waals surface area contributed by atoms with E-state index in [-0.39, 0.29) is 11.9 Å². The third-order valence-electron chi connectivity index (χ3n) is 6.86. The fraction of sp³-hybridized carbons (Fsp3) is 0.594. The first-order valence-electron chi connectivity index (χ1n) is 14.1. The number of nitrogens with zero attached hydrogens (tertiary/aromatic N) is 1. The second kappa shape index (κ2) is 16.4. The highest BCUT2D eigenvalue weighted by atomic mass is 16.7. The summed E-state index contributed by atoms with van der Waals surface area (Å²) >= 11 is 0. The standard InChI is InChI=1S/C32H50NO3/c1-6-8-9-10-11-12-14-17-28-20-22-30(23-21-28)35-31(7-2)36-32(34)27(3)24-25-33(4,5)26-29-18-15-13-16-19-29/h13,15-16,18-23,27,31H,6-12,14,17,24-26H2,1-5H3/q+1. The Balaban J connectivity index is 1.72. The van der Waals surface area contributed by atoms with E-state index >= 15 is 0 Å². The Morgan fingerprint density at radius 2 is 1.47 bits per heavy atom. The average molecular weight is 497 g/mol. The van der Waals surface area contributed by atoms with E-state index in [1.807, 2.05) is 32.0 Å². The lowest BCUT2D eigenvalue weighted by molar-refractivity contribution is -0.904. The number of quaternary nitrogens is 1. The topological polar surface area (TPSA) is 35.5 Å². The molecule has 2 aromatic rings. The number of carbonyl (C=O) groups excluding carboxylic acids is 1. The molecular formula is C32H50NO3+. The van der Waals surface area contributed by atoms with Gasteiger partial charge in [-0.05, 0) is 30.5 Å². The van der Waals surface area contributed by atoms with Gasteiger partial charge in [0.2, 0.25) is 6.29 Å². The molecule has 0 amide bonds. The molecule has 0 fully saturated rings. The van der Waals surface area contributed by atoms with Crippen LogP contribution < -0.4 is 4.74 Å². The minimum absolute atomic E-state index is 0.167. The van der Waals surface area contributed by atoms with Crippen LogP contribution in [-0.2, 0) is 22.5 Å². The molecule has 0 aliphatic carbocycles. The lowest BCUT2D eigenvalue weighted by Crippen LogP contribution is -2.41. The van der Waals surface area contributed by atoms with Gasteiger partial charge in [0, 0.05) is 18.4 Å². The van der Waals surface area contributed by atoms with Crippen LogP contribution in [0.3, 0.4) is 0 Å². The van der Waals surface area contributed by atoms with Crippen molar-refractivity contribution in [2.75, 3.05) is 20.6 Å². The average Bonchev–Trinajstić information content (AvgIpc) is 2.87. The molecule has 0 aliphatic heterocycles. The van der Waals surface area contributed by atoms with Crippen molar-refractivity contribution < 1.29 is 18.8 Å². The highest BCUT2D eigenvalue weighted by Crippen LogP contribution is 2.19. The van der Waals surface area contributed by atoms with E-state index in [9.17, 15) is 4.79 Å². The zero-order chi connectivity index (χ0) is 26.2. The Morgan fingerprint density at radius 1 is 0.833 bits per heavy atom. The van der Waals surface area contributed by atoms with Crippen LogP contribution in [0.1, 0.15) is 89.7 Å². The summed E-state index contributed by atoms with van der Waals surface area (Å²) in [6.07, 6.45) is 11.2. The van der Waals surface area contributed by atoms with Crippen molar-refractivity contribution in [1.29, 1.82) is 0 Å². The lowest BCUT2D eigenvalue weighted by atomic mass is 10.0. The second-order valence-corrected chi connectivity index (χ2v) is 10.9. The van der Waals surface area contributed by atoms with E-state index in [1.54, 1.807) is 0 Å². The maximum Gasteiger partial charge on any atom is 0.311 e. The molecule has 0 saturated heterocycles. The van der Waals surface area contributed by atoms with Gasteiger partial charge >= 0.3 is 5.97 Å². The van der Waals surface area contributed by atoms with Gasteiger partial charge in [0.15, 0.2) is 0 Å². The van der Waals surface area contributed by atoms with Crippen molar-refractivity contribution >= 4 is 5.97 Å². The number of carbonyl (C=O) groups is 1. The largest absolute Gasteiger partial charge is 0.455 e. The summed E-state index contributed by atoms with van der Waals surface area (Å²) in [6.45, 7) is 8.05. The van der Waals surface area contributed by atoms with Gasteiger partial charge in [-0.25, -0.2) is 0 Å². The predicted octanol–water partition coefficient (Wildman–Crippen LogP) is 7.94. The normalized spacial score (nSPS) is 13.2. The van der Waals surface area contributed by atoms with E-state index in [1.165, 1.54) is 56.1 Å². The molecule has 2 rings (SSSR count). The van der Waals surface area contributed by atoms with E-state index in [2.05, 4.69) is 57.4 Å². The Labute approximate surface area is 220 Å². The fourth-order valence-corrected chi connectivity index (χ4v) is 4.43. The maximum atomic E-state index is 12.8. The molecule has 0 radical (unpaired) electrons. The minimum atomic E-state index is -0.555. The molecule has 4 nitrogen and oxygen atoms in total. The van der Waals surface area contributed by atoms with Crippen LogP contribution in [0.15, 0.2) is 54.6 Å². The fourth-order valence-electron chi connectivity index (χ4n) is 4.43. The molecule has 2 aromatic carbocycles. The first kappa shape index (κ1) is 29.9. The van der Waals surface area contributed by atoms with E-state index in [0.29, 0.717) is 6.42 Å². The molecule has 0 spiro atoms. The minimum Gasteiger partial charge on any atom is -0.455 e. The zero-order valence-corrected chi connectivity index (χ0v) is 23.5. The molecule has 2 unspecified atom stereocenters. The van der Waals surface area contributed by atoms with Gasteiger partial charge in [-0.15, -0.1) is 0 Å². The third kappa shape index (κ3) is 12.1. The number of rotatable bonds is 18. The van der Waals surface area contributed by atoms with Crippen LogP contribution in [0.5, 0.6) is 5.75 Å². The molecule has 0 aromatic heterocycles. The number of hydrogen-bond acceptors (Lipinski definition) is 3. The molecule has 36 heavy (non-hydrogen) atoms. The molecule has 0 N–H and O–H groups in total. The SMILES string of the molecule is CCCCCCCCCc1ccc(OC(CC)OC(=O)C(C)CC[N+](C)(C)Cc2ccccc2)cc1. The molecule has 0 saturated carbocycles. The van der Waals surface area contributed by atoms with Crippen molar-refractivity contribution in [2.45, 2.75) is 97.8 Å². The van der Waals surface area contributed by atoms with Gasteiger partial charge < -0.3 is 14.0 Å². The van der Waals surface area contributed by atoms with Gasteiger partial charge in [-0.2, -0.15) is 0 Å². The maximum absolute atomic E-state index is 12.8. The number of unbranched alkanes of at least 4 members (excludes halogenated alkanes) is 6. The predicted molar refractivity (Wildman–Crippen MR) is 150 cm³/mol. The Hall–Kier alpha value is -2.33. The summed E-state index contributed by atoms with van der Waals surface area (Å²) in [6, 6.07) is 18.8. The van der Waals surface area contributed by atoms with Gasteiger partial charge in [0.05, 0.1) is 26.6 Å². The Bertz CT molecular complexity index is 847. The third-order valence-corrected chi connectivity index (χ3v) is 6.86. The van der Waals surface area contributed by atoms with Crippen molar-refractivity contribution in [3.63, 3.8) is 0 Å². The molecular weight excluding hydrogens is 446 g/mol. The smallest absolute Gasteiger partial charge is 0.311 e. The molecule has 2 atom stereocenters. The number of hydrogen-bond donors (Lipinski definition) is 0. The van der Waals surface area contributed by atoms with E-state index < -0.39 is 6.29 Å². The molecule has 200 valence electrons. The zero-order valence-electron chi connectivity index (χ0n) is 23.5.